The molecule has 0 radical (unpaired) electrons. The number of furan rings is 3. The van der Waals surface area contributed by atoms with Crippen molar-refractivity contribution in [1.82, 2.24) is 29.9 Å². The Hall–Kier alpha value is -15.1. The first-order valence-corrected chi connectivity index (χ1v) is 45.7. The molecular weight excluding hydrogens is 1700 g/mol. The van der Waals surface area contributed by atoms with Gasteiger partial charge in [0, 0.05) is 121 Å². The lowest BCUT2D eigenvalue weighted by atomic mass is 9.75. The van der Waals surface area contributed by atoms with Gasteiger partial charge in [0.1, 0.15) is 68.0 Å². The van der Waals surface area contributed by atoms with Crippen LogP contribution in [0.25, 0.3) is 156 Å². The van der Waals surface area contributed by atoms with Crippen molar-refractivity contribution in [1.29, 1.82) is 0 Å². The fraction of sp³-hybridized carbons (Fsp3) is 0.128. The maximum atomic E-state index is 6.50. The van der Waals surface area contributed by atoms with Gasteiger partial charge >= 0.3 is 7.12 Å². The predicted molar refractivity (Wildman–Crippen MR) is 540 cm³/mol. The minimum atomic E-state index is -0.430. The predicted octanol–water partition coefficient (Wildman–Crippen LogP) is 31.1. The van der Waals surface area contributed by atoms with Crippen LogP contribution in [0.4, 0.5) is 0 Å². The van der Waals surface area contributed by atoms with Crippen molar-refractivity contribution in [2.45, 2.75) is 96.7 Å². The first kappa shape index (κ1) is 84.4. The zero-order valence-electron chi connectivity index (χ0n) is 75.3. The monoisotopic (exact) mass is 1790 g/mol. The lowest BCUT2D eigenvalue weighted by Gasteiger charge is -2.34. The molecule has 0 N–H and O–H groups in total. The van der Waals surface area contributed by atoms with E-state index in [9.17, 15) is 0 Å². The first-order valence-electron chi connectivity index (χ1n) is 45.0. The van der Waals surface area contributed by atoms with Gasteiger partial charge < -0.3 is 36.8 Å². The van der Waals surface area contributed by atoms with Crippen molar-refractivity contribution >= 4 is 102 Å². The Morgan fingerprint density at radius 1 is 0.231 bits per heavy atom. The Morgan fingerprint density at radius 3 is 0.903 bits per heavy atom. The van der Waals surface area contributed by atoms with Gasteiger partial charge in [0.2, 0.25) is 5.28 Å². The van der Waals surface area contributed by atoms with Crippen LogP contribution in [0.1, 0.15) is 103 Å². The van der Waals surface area contributed by atoms with Crippen LogP contribution in [0.5, 0.6) is 34.5 Å². The molecule has 652 valence electrons. The molecule has 4 aliphatic heterocycles. The molecule has 1 fully saturated rings. The van der Waals surface area contributed by atoms with E-state index in [1.807, 2.05) is 206 Å². The Labute approximate surface area is 786 Å². The molecule has 0 amide bonds. The maximum absolute atomic E-state index is 6.50. The Bertz CT molecular complexity index is 8070. The summed E-state index contributed by atoms with van der Waals surface area (Å²) in [5, 5.41) is 7.30. The van der Waals surface area contributed by atoms with Crippen LogP contribution in [-0.4, -0.2) is 48.2 Å². The Balaban J connectivity index is 0.000000108. The second kappa shape index (κ2) is 33.3. The number of ether oxygens (including phenoxy) is 3. The van der Waals surface area contributed by atoms with Crippen LogP contribution in [0.15, 0.2) is 371 Å². The Morgan fingerprint density at radius 2 is 0.530 bits per heavy atom. The molecule has 0 atom stereocenters. The number of benzene rings is 16. The molecule has 1 saturated heterocycles. The van der Waals surface area contributed by atoms with E-state index in [1.54, 1.807) is 0 Å². The van der Waals surface area contributed by atoms with E-state index in [-0.39, 0.29) is 21.5 Å². The topological polar surface area (TPSA) is 163 Å². The van der Waals surface area contributed by atoms with Crippen LogP contribution in [0, 0.1) is 0 Å². The highest BCUT2D eigenvalue weighted by molar-refractivity contribution is 6.62. The zero-order chi connectivity index (χ0) is 91.5. The van der Waals surface area contributed by atoms with Gasteiger partial charge in [-0.2, -0.15) is 9.97 Å². The van der Waals surface area contributed by atoms with Crippen LogP contribution in [0.2, 0.25) is 10.3 Å². The molecule has 25 rings (SSSR count). The molecule has 0 unspecified atom stereocenters. The summed E-state index contributed by atoms with van der Waals surface area (Å²) in [5.41, 5.74) is 23.1. The summed E-state index contributed by atoms with van der Waals surface area (Å²) < 4.78 is 50.7. The SMILES string of the molecule is CC1(C)c2ccccc2Oc2cc(-c3cccc4oc5cc(-c6nc(-c7ccccc7)nc(-c7ccccc7)n6)ccc5c34)ccc21.CC1(C)c2ccccc2Oc2cc(-c3cccc4oc5cc(B6OC(C)(C)C(C)(C)O6)ccc5c34)ccc21.CC1(C)c2ccccc2Oc2cc(-c3cccc4oc5cc(Cl)ccc5c34)ccc21.Clc1nc(-c2ccccc2)nc(-c2ccccc2)n1. The van der Waals surface area contributed by atoms with E-state index >= 15 is 0 Å². The number of hydrogen-bond donors (Lipinski definition) is 0. The number of rotatable bonds is 9. The maximum Gasteiger partial charge on any atom is 0.494 e. The van der Waals surface area contributed by atoms with E-state index in [2.05, 4.69) is 236 Å². The van der Waals surface area contributed by atoms with Gasteiger partial charge in [-0.15, -0.1) is 0 Å². The summed E-state index contributed by atoms with van der Waals surface area (Å²) >= 11 is 12.2. The van der Waals surface area contributed by atoms with Gasteiger partial charge in [0.05, 0.1) is 11.2 Å². The van der Waals surface area contributed by atoms with Gasteiger partial charge in [-0.05, 0) is 163 Å². The lowest BCUT2D eigenvalue weighted by molar-refractivity contribution is 0.00578. The molecular formula is C117H89BCl2N6O8. The van der Waals surface area contributed by atoms with E-state index in [1.165, 1.54) is 33.4 Å². The lowest BCUT2D eigenvalue weighted by Crippen LogP contribution is -2.41. The number of halogens is 2. The minimum Gasteiger partial charge on any atom is -0.457 e. The van der Waals surface area contributed by atoms with Gasteiger partial charge in [0.15, 0.2) is 29.1 Å². The number of aromatic nitrogens is 6. The third-order valence-corrected chi connectivity index (χ3v) is 27.3. The van der Waals surface area contributed by atoms with E-state index in [4.69, 9.17) is 74.9 Å². The van der Waals surface area contributed by atoms with E-state index < -0.39 is 18.3 Å². The molecule has 21 aromatic rings. The largest absolute Gasteiger partial charge is 0.494 e. The molecule has 17 heteroatoms. The van der Waals surface area contributed by atoms with Crippen molar-refractivity contribution in [3.05, 3.63) is 402 Å². The van der Waals surface area contributed by atoms with Gasteiger partial charge in [-0.3, -0.25) is 0 Å². The fourth-order valence-corrected chi connectivity index (χ4v) is 19.4. The van der Waals surface area contributed by atoms with Gasteiger partial charge in [-0.25, -0.2) is 19.9 Å². The number of para-hydroxylation sites is 3. The number of fused-ring (bicyclic) bond motifs is 15. The summed E-state index contributed by atoms with van der Waals surface area (Å²) in [5.74, 6) is 8.46. The average molecular weight is 1790 g/mol. The normalized spacial score (nSPS) is 14.7. The van der Waals surface area contributed by atoms with Gasteiger partial charge in [0.25, 0.3) is 0 Å². The Kier molecular flexibility index (Phi) is 21.0. The summed E-state index contributed by atoms with van der Waals surface area (Å²) in [6.45, 7) is 21.8. The third kappa shape index (κ3) is 15.3. The van der Waals surface area contributed by atoms with Crippen LogP contribution < -0.4 is 19.7 Å². The van der Waals surface area contributed by atoms with Crippen LogP contribution in [0.3, 0.4) is 0 Å². The third-order valence-electron chi connectivity index (χ3n) is 26.9. The van der Waals surface area contributed by atoms with Crippen molar-refractivity contribution in [2.24, 2.45) is 0 Å². The summed E-state index contributed by atoms with van der Waals surface area (Å²) in [6, 6.07) is 121. The van der Waals surface area contributed by atoms with Gasteiger partial charge in [-0.1, -0.05) is 320 Å². The second-order valence-corrected chi connectivity index (χ2v) is 37.6. The molecule has 0 bridgehead atoms. The molecule has 16 aromatic carbocycles. The zero-order valence-corrected chi connectivity index (χ0v) is 76.9. The molecule has 14 nitrogen and oxygen atoms in total. The standard InChI is InChI=1S/C42H29N3O2.C33H31BO4.C27H19ClO2.C15H10ClN3/c1-42(2)32-17-9-10-18-34(32)46-37-24-28(21-23-33(37)42)30-16-11-19-35-38(30)31-22-20-29(25-36(31)47-35)41-44-39(26-12-5-3-6-13-26)43-40(45-41)27-14-7-4-8-15-27;1-31(2)24-11-7-8-12-26(24)35-29-18-20(14-17-25(29)31)22-10-9-13-27-30(22)23-16-15-21(19-28(23)36-27)34-37-32(3,4)33(5,6)38-34;1-27(2)20-7-3-4-8-22(20)29-25-14-16(10-13-21(25)27)18-6-5-9-23-26(18)19-12-11-17(28)15-24(19)30-23;16-15-18-13(11-7-3-1-4-8-11)17-14(19-15)12-9-5-2-6-10-12/h3-25H,1-2H3;7-19H,1-6H3;3-15H,1-2H3;1-10H. The molecule has 9 heterocycles. The number of nitrogens with zero attached hydrogens (tertiary/aromatic N) is 6. The number of hydrogen-bond acceptors (Lipinski definition) is 14. The summed E-state index contributed by atoms with van der Waals surface area (Å²) in [7, 11) is -0.430. The highest BCUT2D eigenvalue weighted by atomic mass is 35.5. The molecule has 0 aliphatic carbocycles. The molecule has 5 aromatic heterocycles. The molecule has 4 aliphatic rings. The fourth-order valence-electron chi connectivity index (χ4n) is 19.1. The smallest absolute Gasteiger partial charge is 0.457 e. The van der Waals surface area contributed by atoms with E-state index in [0.29, 0.717) is 34.1 Å². The minimum absolute atomic E-state index is 0.117. The van der Waals surface area contributed by atoms with Crippen LogP contribution in [-0.2, 0) is 25.6 Å². The first-order chi connectivity index (χ1) is 64.9. The van der Waals surface area contributed by atoms with Crippen molar-refractivity contribution in [3.63, 3.8) is 0 Å². The summed E-state index contributed by atoms with van der Waals surface area (Å²) in [4.78, 5) is 27.5. The average Bonchev–Trinajstić information content (AvgIpc) is 1.18. The molecule has 134 heavy (non-hydrogen) atoms. The molecule has 0 spiro atoms. The van der Waals surface area contributed by atoms with Crippen molar-refractivity contribution < 1.29 is 36.8 Å². The highest BCUT2D eigenvalue weighted by Gasteiger charge is 2.52. The highest BCUT2D eigenvalue weighted by Crippen LogP contribution is 2.54. The molecule has 0 saturated carbocycles. The quantitative estimate of drug-likeness (QED) is 0.125. The van der Waals surface area contributed by atoms with E-state index in [0.717, 1.165) is 167 Å². The van der Waals surface area contributed by atoms with Crippen LogP contribution >= 0.6 is 23.2 Å². The second-order valence-electron chi connectivity index (χ2n) is 36.9. The summed E-state index contributed by atoms with van der Waals surface area (Å²) in [6.07, 6.45) is 0. The van der Waals surface area contributed by atoms with Crippen molar-refractivity contribution in [3.8, 4) is 125 Å². The van der Waals surface area contributed by atoms with Crippen molar-refractivity contribution in [2.75, 3.05) is 0 Å².